The minimum Gasteiger partial charge on any atom is -0.458 e. The normalized spacial score (nSPS) is 10.9. The third kappa shape index (κ3) is 6.16. The van der Waals surface area contributed by atoms with Crippen LogP contribution < -0.4 is 0 Å². The van der Waals surface area contributed by atoms with Gasteiger partial charge in [0.1, 0.15) is 6.10 Å². The van der Waals surface area contributed by atoms with Gasteiger partial charge in [0.25, 0.3) is 0 Å². The van der Waals surface area contributed by atoms with Crippen LogP contribution in [0.15, 0.2) is 60.7 Å². The summed E-state index contributed by atoms with van der Waals surface area (Å²) >= 11 is 0. The van der Waals surface area contributed by atoms with Gasteiger partial charge >= 0.3 is 5.97 Å². The molecule has 0 bridgehead atoms. The molecule has 0 saturated carbocycles. The summed E-state index contributed by atoms with van der Waals surface area (Å²) in [4.78, 5) is 10.6. The van der Waals surface area contributed by atoms with Gasteiger partial charge in [-0.1, -0.05) is 60.7 Å². The molecule has 20 heavy (non-hydrogen) atoms. The van der Waals surface area contributed by atoms with Crippen LogP contribution in [0.3, 0.4) is 0 Å². The molecule has 3 heteroatoms. The zero-order valence-electron chi connectivity index (χ0n) is 11.8. The molecule has 2 rings (SSSR count). The predicted molar refractivity (Wildman–Crippen MR) is 79.0 cm³/mol. The highest BCUT2D eigenvalue weighted by Crippen LogP contribution is 2.15. The molecule has 0 spiro atoms. The number of hydrogen-bond acceptors (Lipinski definition) is 3. The Morgan fingerprint density at radius 2 is 1.55 bits per heavy atom. The molecule has 0 aliphatic rings. The molecule has 0 fully saturated rings. The fraction of sp³-hybridized carbons (Fsp3) is 0.235. The van der Waals surface area contributed by atoms with Crippen molar-refractivity contribution in [3.63, 3.8) is 0 Å². The number of carbonyl (C=O) groups excluding carboxylic acids is 1. The fourth-order valence-corrected chi connectivity index (χ4v) is 1.62. The summed E-state index contributed by atoms with van der Waals surface area (Å²) in [6.45, 7) is 3.41. The first-order valence-electron chi connectivity index (χ1n) is 6.50. The van der Waals surface area contributed by atoms with Gasteiger partial charge in [0.05, 0.1) is 6.61 Å². The molecular weight excluding hydrogens is 252 g/mol. The number of aliphatic hydroxyl groups excluding tert-OH is 1. The summed E-state index contributed by atoms with van der Waals surface area (Å²) < 4.78 is 5.00. The minimum absolute atomic E-state index is 0.140. The maximum Gasteiger partial charge on any atom is 0.303 e. The monoisotopic (exact) mass is 272 g/mol. The highest BCUT2D eigenvalue weighted by Gasteiger charge is 2.06. The summed E-state index contributed by atoms with van der Waals surface area (Å²) in [5.41, 5.74) is 1.99. The van der Waals surface area contributed by atoms with Crippen LogP contribution >= 0.6 is 0 Å². The van der Waals surface area contributed by atoms with E-state index in [0.717, 1.165) is 11.1 Å². The largest absolute Gasteiger partial charge is 0.458 e. The summed E-state index contributed by atoms with van der Waals surface area (Å²) in [6.07, 6.45) is -0.149. The van der Waals surface area contributed by atoms with Crippen molar-refractivity contribution >= 4 is 5.97 Å². The second kappa shape index (κ2) is 8.88. The Hall–Kier alpha value is -2.13. The molecule has 2 aromatic carbocycles. The van der Waals surface area contributed by atoms with Gasteiger partial charge in [-0.2, -0.15) is 0 Å². The highest BCUT2D eigenvalue weighted by molar-refractivity contribution is 5.66. The second-order valence-electron chi connectivity index (χ2n) is 4.31. The van der Waals surface area contributed by atoms with Crippen molar-refractivity contribution in [2.24, 2.45) is 0 Å². The lowest BCUT2D eigenvalue weighted by atomic mass is 10.1. The first-order valence-corrected chi connectivity index (χ1v) is 6.50. The molecule has 106 valence electrons. The van der Waals surface area contributed by atoms with E-state index < -0.39 is 0 Å². The molecule has 2 aromatic rings. The van der Waals surface area contributed by atoms with Gasteiger partial charge in [-0.3, -0.25) is 4.79 Å². The first-order chi connectivity index (χ1) is 9.63. The van der Waals surface area contributed by atoms with Gasteiger partial charge in [-0.05, 0) is 18.1 Å². The fourth-order valence-electron chi connectivity index (χ4n) is 1.62. The van der Waals surface area contributed by atoms with E-state index in [1.165, 1.54) is 6.92 Å². The predicted octanol–water partition coefficient (Wildman–Crippen LogP) is 3.49. The molecule has 0 amide bonds. The second-order valence-corrected chi connectivity index (χ2v) is 4.31. The van der Waals surface area contributed by atoms with E-state index in [1.807, 2.05) is 67.6 Å². The lowest BCUT2D eigenvalue weighted by molar-refractivity contribution is -0.145. The Balaban J connectivity index is 0.000000217. The Labute approximate surface area is 119 Å². The zero-order valence-corrected chi connectivity index (χ0v) is 11.8. The third-order valence-corrected chi connectivity index (χ3v) is 2.64. The number of benzene rings is 2. The lowest BCUT2D eigenvalue weighted by Crippen LogP contribution is -2.04. The molecule has 3 nitrogen and oxygen atoms in total. The Morgan fingerprint density at radius 1 is 1.05 bits per heavy atom. The maximum atomic E-state index is 10.6. The van der Waals surface area contributed by atoms with Crippen molar-refractivity contribution in [2.45, 2.75) is 26.6 Å². The molecule has 0 heterocycles. The van der Waals surface area contributed by atoms with E-state index in [1.54, 1.807) is 0 Å². The number of ether oxygens (including phenoxy) is 1. The number of aliphatic hydroxyl groups is 1. The van der Waals surface area contributed by atoms with Gasteiger partial charge in [0, 0.05) is 6.92 Å². The van der Waals surface area contributed by atoms with Gasteiger partial charge in [-0.15, -0.1) is 0 Å². The molecule has 1 N–H and O–H groups in total. The molecular formula is C17H20O3. The molecule has 0 aliphatic carbocycles. The quantitative estimate of drug-likeness (QED) is 0.870. The topological polar surface area (TPSA) is 46.5 Å². The number of carbonyl (C=O) groups is 1. The summed E-state index contributed by atoms with van der Waals surface area (Å²) in [7, 11) is 0. The smallest absolute Gasteiger partial charge is 0.303 e. The van der Waals surface area contributed by atoms with Crippen LogP contribution in [-0.2, 0) is 16.1 Å². The van der Waals surface area contributed by atoms with Crippen LogP contribution in [0, 0.1) is 0 Å². The van der Waals surface area contributed by atoms with Crippen molar-refractivity contribution in [1.82, 2.24) is 0 Å². The van der Waals surface area contributed by atoms with Crippen molar-refractivity contribution < 1.29 is 14.6 Å². The first kappa shape index (κ1) is 15.9. The van der Waals surface area contributed by atoms with E-state index in [2.05, 4.69) is 0 Å². The van der Waals surface area contributed by atoms with Crippen LogP contribution in [0.1, 0.15) is 31.1 Å². The van der Waals surface area contributed by atoms with E-state index >= 15 is 0 Å². The number of rotatable bonds is 3. The average molecular weight is 272 g/mol. The highest BCUT2D eigenvalue weighted by atomic mass is 16.5. The maximum absolute atomic E-state index is 10.6. The van der Waals surface area contributed by atoms with Gasteiger partial charge in [0.15, 0.2) is 0 Å². The van der Waals surface area contributed by atoms with Gasteiger partial charge in [0.2, 0.25) is 0 Å². The average Bonchev–Trinajstić information content (AvgIpc) is 2.49. The van der Waals surface area contributed by atoms with Crippen molar-refractivity contribution in [3.8, 4) is 0 Å². The zero-order chi connectivity index (χ0) is 14.8. The summed E-state index contributed by atoms with van der Waals surface area (Å²) in [5.74, 6) is -0.244. The van der Waals surface area contributed by atoms with Gasteiger partial charge in [-0.25, -0.2) is 0 Å². The Kier molecular flexibility index (Phi) is 7.07. The van der Waals surface area contributed by atoms with Crippen molar-refractivity contribution in [3.05, 3.63) is 71.8 Å². The number of hydrogen-bond donors (Lipinski definition) is 1. The van der Waals surface area contributed by atoms with Crippen molar-refractivity contribution in [1.29, 1.82) is 0 Å². The van der Waals surface area contributed by atoms with E-state index in [-0.39, 0.29) is 18.7 Å². The van der Waals surface area contributed by atoms with Crippen molar-refractivity contribution in [2.75, 3.05) is 0 Å². The molecule has 1 unspecified atom stereocenters. The van der Waals surface area contributed by atoms with Crippen LogP contribution in [0.4, 0.5) is 0 Å². The lowest BCUT2D eigenvalue weighted by Gasteiger charge is -2.11. The third-order valence-electron chi connectivity index (χ3n) is 2.64. The van der Waals surface area contributed by atoms with E-state index in [4.69, 9.17) is 9.84 Å². The molecule has 0 radical (unpaired) electrons. The van der Waals surface area contributed by atoms with Crippen LogP contribution in [0.5, 0.6) is 0 Å². The summed E-state index contributed by atoms with van der Waals surface area (Å²) in [6, 6.07) is 19.2. The Morgan fingerprint density at radius 3 is 1.95 bits per heavy atom. The van der Waals surface area contributed by atoms with E-state index in [0.29, 0.717) is 0 Å². The molecule has 1 atom stereocenters. The number of esters is 1. The van der Waals surface area contributed by atoms with E-state index in [9.17, 15) is 4.79 Å². The van der Waals surface area contributed by atoms with Gasteiger partial charge < -0.3 is 9.84 Å². The standard InChI is InChI=1S/C10H12O2.C7H8O/c1-8(12-9(2)11)10-6-4-3-5-7-10;8-6-7-4-2-1-3-5-7/h3-8H,1-2H3;1-5,8H,6H2. The molecule has 0 saturated heterocycles. The van der Waals surface area contributed by atoms with Crippen LogP contribution in [0.25, 0.3) is 0 Å². The van der Waals surface area contributed by atoms with Crippen LogP contribution in [-0.4, -0.2) is 11.1 Å². The molecule has 0 aromatic heterocycles. The Bertz CT molecular complexity index is 494. The van der Waals surface area contributed by atoms with Crippen LogP contribution in [0.2, 0.25) is 0 Å². The minimum atomic E-state index is -0.244. The SMILES string of the molecule is CC(=O)OC(C)c1ccccc1.OCc1ccccc1. The molecule has 0 aliphatic heterocycles. The summed E-state index contributed by atoms with van der Waals surface area (Å²) in [5, 5.41) is 8.54.